The number of benzene rings is 1. The van der Waals surface area contributed by atoms with Crippen LogP contribution < -0.4 is 11.1 Å². The summed E-state index contributed by atoms with van der Waals surface area (Å²) in [6.45, 7) is 4.40. The molecule has 0 aliphatic heterocycles. The molecule has 1 amide bonds. The van der Waals surface area contributed by atoms with Gasteiger partial charge in [-0.1, -0.05) is 19.9 Å². The van der Waals surface area contributed by atoms with Gasteiger partial charge in [0.1, 0.15) is 0 Å². The summed E-state index contributed by atoms with van der Waals surface area (Å²) in [5.74, 6) is 0.0471. The van der Waals surface area contributed by atoms with Gasteiger partial charge in [0, 0.05) is 11.1 Å². The summed E-state index contributed by atoms with van der Waals surface area (Å²) in [6.07, 6.45) is 4.22. The van der Waals surface area contributed by atoms with Crippen LogP contribution in [0.4, 0.5) is 5.69 Å². The molecule has 0 radical (unpaired) electrons. The number of amides is 1. The maximum absolute atomic E-state index is 12.2. The minimum atomic E-state index is -0.409. The molecular formula is C15H22N2O. The molecule has 0 spiro atoms. The van der Waals surface area contributed by atoms with Crippen LogP contribution in [0.25, 0.3) is 0 Å². The number of anilines is 1. The smallest absolute Gasteiger partial charge is 0.230 e. The monoisotopic (exact) mass is 246 g/mol. The Morgan fingerprint density at radius 3 is 2.78 bits per heavy atom. The van der Waals surface area contributed by atoms with Gasteiger partial charge in [-0.15, -0.1) is 0 Å². The fourth-order valence-corrected chi connectivity index (χ4v) is 2.42. The number of aryl methyl sites for hydroxylation is 2. The van der Waals surface area contributed by atoms with Gasteiger partial charge in [-0.2, -0.15) is 0 Å². The second kappa shape index (κ2) is 5.11. The fraction of sp³-hybridized carbons (Fsp3) is 0.533. The van der Waals surface area contributed by atoms with Crippen LogP contribution in [0.15, 0.2) is 18.2 Å². The van der Waals surface area contributed by atoms with Crippen molar-refractivity contribution in [2.24, 2.45) is 11.1 Å². The molecule has 18 heavy (non-hydrogen) atoms. The molecule has 3 heteroatoms. The van der Waals surface area contributed by atoms with Gasteiger partial charge in [0.15, 0.2) is 0 Å². The summed E-state index contributed by atoms with van der Waals surface area (Å²) in [5.41, 5.74) is 8.84. The van der Waals surface area contributed by atoms with Gasteiger partial charge in [0.2, 0.25) is 5.91 Å². The summed E-state index contributed by atoms with van der Waals surface area (Å²) in [5, 5.41) is 3.00. The number of nitrogens with two attached hydrogens (primary N) is 1. The number of hydrogen-bond acceptors (Lipinski definition) is 2. The van der Waals surface area contributed by atoms with Gasteiger partial charge in [-0.05, 0) is 55.5 Å². The van der Waals surface area contributed by atoms with Gasteiger partial charge in [-0.3, -0.25) is 4.79 Å². The molecule has 0 aromatic heterocycles. The molecule has 0 saturated carbocycles. The number of nitrogens with one attached hydrogen (secondary N) is 1. The van der Waals surface area contributed by atoms with E-state index in [1.807, 2.05) is 19.9 Å². The van der Waals surface area contributed by atoms with E-state index in [9.17, 15) is 4.79 Å². The third-order valence-corrected chi connectivity index (χ3v) is 3.74. The standard InChI is InChI=1S/C15H22N2O/c1-15(2,8-9-16)14(18)17-13-7-6-11-4-3-5-12(11)10-13/h6-7,10H,3-5,8-9,16H2,1-2H3,(H,17,18). The van der Waals surface area contributed by atoms with Crippen LogP contribution in [0, 0.1) is 5.41 Å². The highest BCUT2D eigenvalue weighted by Crippen LogP contribution is 2.27. The number of carbonyl (C=O) groups excluding carboxylic acids is 1. The van der Waals surface area contributed by atoms with Crippen molar-refractivity contribution in [2.75, 3.05) is 11.9 Å². The van der Waals surface area contributed by atoms with Crippen molar-refractivity contribution in [3.8, 4) is 0 Å². The highest BCUT2D eigenvalue weighted by Gasteiger charge is 2.26. The van der Waals surface area contributed by atoms with E-state index in [0.29, 0.717) is 13.0 Å². The first kappa shape index (κ1) is 13.1. The molecule has 0 fully saturated rings. The first-order valence-electron chi connectivity index (χ1n) is 6.66. The maximum Gasteiger partial charge on any atom is 0.230 e. The van der Waals surface area contributed by atoms with Crippen molar-refractivity contribution >= 4 is 11.6 Å². The van der Waals surface area contributed by atoms with Gasteiger partial charge >= 0.3 is 0 Å². The van der Waals surface area contributed by atoms with Gasteiger partial charge in [-0.25, -0.2) is 0 Å². The lowest BCUT2D eigenvalue weighted by molar-refractivity contribution is -0.124. The molecule has 1 aromatic carbocycles. The van der Waals surface area contributed by atoms with Crippen molar-refractivity contribution in [1.29, 1.82) is 0 Å². The molecule has 98 valence electrons. The third-order valence-electron chi connectivity index (χ3n) is 3.74. The summed E-state index contributed by atoms with van der Waals surface area (Å²) in [7, 11) is 0. The Balaban J connectivity index is 2.08. The molecule has 0 heterocycles. The SMILES string of the molecule is CC(C)(CCN)C(=O)Nc1ccc2c(c1)CCC2. The Kier molecular flexibility index (Phi) is 3.71. The van der Waals surface area contributed by atoms with Crippen molar-refractivity contribution in [2.45, 2.75) is 39.5 Å². The van der Waals surface area contributed by atoms with Crippen LogP contribution in [-0.4, -0.2) is 12.5 Å². The van der Waals surface area contributed by atoms with Gasteiger partial charge in [0.05, 0.1) is 0 Å². The first-order valence-corrected chi connectivity index (χ1v) is 6.66. The van der Waals surface area contributed by atoms with Crippen LogP contribution >= 0.6 is 0 Å². The number of rotatable bonds is 4. The van der Waals surface area contributed by atoms with Gasteiger partial charge in [0.25, 0.3) is 0 Å². The van der Waals surface area contributed by atoms with Crippen LogP contribution in [-0.2, 0) is 17.6 Å². The van der Waals surface area contributed by atoms with Crippen molar-refractivity contribution in [1.82, 2.24) is 0 Å². The Morgan fingerprint density at radius 2 is 2.06 bits per heavy atom. The van der Waals surface area contributed by atoms with Crippen LogP contribution in [0.1, 0.15) is 37.8 Å². The summed E-state index contributed by atoms with van der Waals surface area (Å²) >= 11 is 0. The Morgan fingerprint density at radius 1 is 1.33 bits per heavy atom. The topological polar surface area (TPSA) is 55.1 Å². The number of fused-ring (bicyclic) bond motifs is 1. The highest BCUT2D eigenvalue weighted by atomic mass is 16.2. The van der Waals surface area contributed by atoms with Crippen molar-refractivity contribution in [3.05, 3.63) is 29.3 Å². The molecule has 1 aromatic rings. The number of hydrogen-bond donors (Lipinski definition) is 2. The van der Waals surface area contributed by atoms with Crippen molar-refractivity contribution in [3.63, 3.8) is 0 Å². The van der Waals surface area contributed by atoms with E-state index in [0.717, 1.165) is 12.1 Å². The fourth-order valence-electron chi connectivity index (χ4n) is 2.42. The molecule has 0 saturated heterocycles. The Bertz CT molecular complexity index is 452. The molecule has 1 aliphatic rings. The normalized spacial score (nSPS) is 14.4. The zero-order valence-electron chi connectivity index (χ0n) is 11.3. The average Bonchev–Trinajstić information content (AvgIpc) is 2.76. The lowest BCUT2D eigenvalue weighted by Gasteiger charge is -2.22. The zero-order valence-corrected chi connectivity index (χ0v) is 11.3. The molecule has 3 N–H and O–H groups in total. The third kappa shape index (κ3) is 2.72. The predicted octanol–water partition coefficient (Wildman–Crippen LogP) is 2.49. The zero-order chi connectivity index (χ0) is 13.2. The van der Waals surface area contributed by atoms with E-state index < -0.39 is 5.41 Å². The number of carbonyl (C=O) groups is 1. The van der Waals surface area contributed by atoms with E-state index >= 15 is 0 Å². The first-order chi connectivity index (χ1) is 8.53. The molecule has 1 aliphatic carbocycles. The molecule has 0 atom stereocenters. The Labute approximate surface area is 109 Å². The minimum Gasteiger partial charge on any atom is -0.330 e. The Hall–Kier alpha value is -1.35. The molecule has 0 unspecified atom stereocenters. The van der Waals surface area contributed by atoms with Crippen LogP contribution in [0.2, 0.25) is 0 Å². The molecular weight excluding hydrogens is 224 g/mol. The quantitative estimate of drug-likeness (QED) is 0.857. The molecule has 0 bridgehead atoms. The summed E-state index contributed by atoms with van der Waals surface area (Å²) in [6, 6.07) is 6.24. The molecule has 3 nitrogen and oxygen atoms in total. The van der Waals surface area contributed by atoms with Gasteiger partial charge < -0.3 is 11.1 Å². The second-order valence-corrected chi connectivity index (χ2v) is 5.71. The van der Waals surface area contributed by atoms with E-state index in [1.54, 1.807) is 0 Å². The summed E-state index contributed by atoms with van der Waals surface area (Å²) in [4.78, 5) is 12.2. The predicted molar refractivity (Wildman–Crippen MR) is 74.5 cm³/mol. The lowest BCUT2D eigenvalue weighted by Crippen LogP contribution is -2.32. The van der Waals surface area contributed by atoms with Crippen LogP contribution in [0.3, 0.4) is 0 Å². The largest absolute Gasteiger partial charge is 0.330 e. The average molecular weight is 246 g/mol. The summed E-state index contributed by atoms with van der Waals surface area (Å²) < 4.78 is 0. The highest BCUT2D eigenvalue weighted by molar-refractivity contribution is 5.94. The van der Waals surface area contributed by atoms with E-state index in [4.69, 9.17) is 5.73 Å². The van der Waals surface area contributed by atoms with E-state index in [2.05, 4.69) is 17.4 Å². The van der Waals surface area contributed by atoms with Crippen LogP contribution in [0.5, 0.6) is 0 Å². The minimum absolute atomic E-state index is 0.0471. The van der Waals surface area contributed by atoms with E-state index in [-0.39, 0.29) is 5.91 Å². The molecule has 2 rings (SSSR count). The van der Waals surface area contributed by atoms with E-state index in [1.165, 1.54) is 24.0 Å². The van der Waals surface area contributed by atoms with Crippen molar-refractivity contribution < 1.29 is 4.79 Å². The second-order valence-electron chi connectivity index (χ2n) is 5.71. The lowest BCUT2D eigenvalue weighted by atomic mass is 9.88. The maximum atomic E-state index is 12.2.